The zero-order valence-electron chi connectivity index (χ0n) is 13.0. The highest BCUT2D eigenvalue weighted by atomic mass is 16.5. The molecular formula is C15H24N4O2. The number of carbonyl (C=O) groups excluding carboxylic acids is 1. The molecule has 2 heterocycles. The minimum Gasteiger partial charge on any atom is -0.462 e. The summed E-state index contributed by atoms with van der Waals surface area (Å²) in [4.78, 5) is 22.9. The molecule has 6 nitrogen and oxygen atoms in total. The Labute approximate surface area is 125 Å². The van der Waals surface area contributed by atoms with Gasteiger partial charge < -0.3 is 15.4 Å². The van der Waals surface area contributed by atoms with Crippen molar-refractivity contribution in [1.82, 2.24) is 9.97 Å². The monoisotopic (exact) mass is 292 g/mol. The van der Waals surface area contributed by atoms with Crippen LogP contribution in [0.4, 0.5) is 5.95 Å². The van der Waals surface area contributed by atoms with Crippen LogP contribution in [0.15, 0.2) is 6.20 Å². The van der Waals surface area contributed by atoms with E-state index < -0.39 is 0 Å². The number of carbonyl (C=O) groups is 1. The van der Waals surface area contributed by atoms with Gasteiger partial charge in [0.15, 0.2) is 0 Å². The van der Waals surface area contributed by atoms with Crippen molar-refractivity contribution in [3.63, 3.8) is 0 Å². The first-order valence-corrected chi connectivity index (χ1v) is 7.57. The summed E-state index contributed by atoms with van der Waals surface area (Å²) in [7, 11) is 0. The number of rotatable bonds is 4. The molecule has 0 spiro atoms. The highest BCUT2D eigenvalue weighted by molar-refractivity contribution is 5.90. The third-order valence-corrected chi connectivity index (χ3v) is 3.99. The predicted molar refractivity (Wildman–Crippen MR) is 81.4 cm³/mol. The van der Waals surface area contributed by atoms with E-state index in [1.54, 1.807) is 13.1 Å². The van der Waals surface area contributed by atoms with Crippen LogP contribution in [0.2, 0.25) is 0 Å². The molecule has 1 aliphatic rings. The number of anilines is 1. The van der Waals surface area contributed by atoms with Gasteiger partial charge in [-0.2, -0.15) is 0 Å². The van der Waals surface area contributed by atoms with Gasteiger partial charge in [-0.1, -0.05) is 0 Å². The quantitative estimate of drug-likeness (QED) is 0.850. The SMILES string of the molecule is CCOC(=O)c1cnc(N2C(C)CCCC2CN)nc1C. The van der Waals surface area contributed by atoms with Crippen molar-refractivity contribution < 1.29 is 9.53 Å². The molecule has 0 amide bonds. The number of nitrogens with two attached hydrogens (primary N) is 1. The van der Waals surface area contributed by atoms with E-state index in [2.05, 4.69) is 21.8 Å². The van der Waals surface area contributed by atoms with Crippen molar-refractivity contribution in [2.24, 2.45) is 5.73 Å². The van der Waals surface area contributed by atoms with Gasteiger partial charge in [-0.05, 0) is 40.0 Å². The molecular weight excluding hydrogens is 268 g/mol. The molecule has 21 heavy (non-hydrogen) atoms. The Morgan fingerprint density at radius 1 is 1.52 bits per heavy atom. The van der Waals surface area contributed by atoms with Gasteiger partial charge in [-0.3, -0.25) is 0 Å². The lowest BCUT2D eigenvalue weighted by Gasteiger charge is -2.40. The Bertz CT molecular complexity index is 506. The number of aromatic nitrogens is 2. The Hall–Kier alpha value is -1.69. The molecule has 1 aromatic heterocycles. The van der Waals surface area contributed by atoms with Crippen LogP contribution >= 0.6 is 0 Å². The van der Waals surface area contributed by atoms with Crippen LogP contribution in [0, 0.1) is 6.92 Å². The summed E-state index contributed by atoms with van der Waals surface area (Å²) in [6.07, 6.45) is 4.91. The molecule has 0 aliphatic carbocycles. The van der Waals surface area contributed by atoms with Crippen LogP contribution in [0.5, 0.6) is 0 Å². The zero-order valence-corrected chi connectivity index (χ0v) is 13.0. The van der Waals surface area contributed by atoms with E-state index in [0.717, 1.165) is 12.8 Å². The lowest BCUT2D eigenvalue weighted by atomic mass is 9.97. The third kappa shape index (κ3) is 3.32. The lowest BCUT2D eigenvalue weighted by molar-refractivity contribution is 0.0524. The third-order valence-electron chi connectivity index (χ3n) is 3.99. The van der Waals surface area contributed by atoms with Crippen molar-refractivity contribution in [2.45, 2.75) is 52.1 Å². The number of hydrogen-bond donors (Lipinski definition) is 1. The second-order valence-electron chi connectivity index (χ2n) is 5.47. The molecule has 1 saturated heterocycles. The average molecular weight is 292 g/mol. The van der Waals surface area contributed by atoms with E-state index in [1.165, 1.54) is 6.42 Å². The number of hydrogen-bond acceptors (Lipinski definition) is 6. The van der Waals surface area contributed by atoms with Crippen LogP contribution < -0.4 is 10.6 Å². The molecule has 0 radical (unpaired) electrons. The maximum absolute atomic E-state index is 11.8. The molecule has 116 valence electrons. The molecule has 1 fully saturated rings. The number of esters is 1. The van der Waals surface area contributed by atoms with Gasteiger partial charge in [0, 0.05) is 24.8 Å². The molecule has 0 bridgehead atoms. The summed E-state index contributed by atoms with van der Waals surface area (Å²) >= 11 is 0. The summed E-state index contributed by atoms with van der Waals surface area (Å²) in [5.74, 6) is 0.284. The lowest BCUT2D eigenvalue weighted by Crippen LogP contribution is -2.49. The Kier molecular flexibility index (Phi) is 5.12. The average Bonchev–Trinajstić information content (AvgIpc) is 2.46. The summed E-state index contributed by atoms with van der Waals surface area (Å²) < 4.78 is 5.00. The van der Waals surface area contributed by atoms with Crippen LogP contribution in [-0.4, -0.2) is 41.2 Å². The number of aryl methyl sites for hydroxylation is 1. The van der Waals surface area contributed by atoms with E-state index >= 15 is 0 Å². The van der Waals surface area contributed by atoms with Gasteiger partial charge >= 0.3 is 5.97 Å². The first-order valence-electron chi connectivity index (χ1n) is 7.57. The maximum Gasteiger partial charge on any atom is 0.341 e. The number of piperidine rings is 1. The van der Waals surface area contributed by atoms with Gasteiger partial charge in [-0.15, -0.1) is 0 Å². The van der Waals surface area contributed by atoms with E-state index in [0.29, 0.717) is 36.4 Å². The molecule has 1 aromatic rings. The largest absolute Gasteiger partial charge is 0.462 e. The number of nitrogens with zero attached hydrogens (tertiary/aromatic N) is 3. The predicted octanol–water partition coefficient (Wildman–Crippen LogP) is 1.67. The van der Waals surface area contributed by atoms with Crippen molar-refractivity contribution in [1.29, 1.82) is 0 Å². The second-order valence-corrected chi connectivity index (χ2v) is 5.47. The fourth-order valence-electron chi connectivity index (χ4n) is 2.87. The Morgan fingerprint density at radius 3 is 2.90 bits per heavy atom. The summed E-state index contributed by atoms with van der Waals surface area (Å²) in [5.41, 5.74) is 6.95. The topological polar surface area (TPSA) is 81.3 Å². The molecule has 2 N–H and O–H groups in total. The van der Waals surface area contributed by atoms with E-state index in [1.807, 2.05) is 6.92 Å². The standard InChI is InChI=1S/C15H24N4O2/c1-4-21-14(20)13-9-17-15(18-11(13)3)19-10(2)6-5-7-12(19)8-16/h9-10,12H,4-8,16H2,1-3H3. The van der Waals surface area contributed by atoms with Gasteiger partial charge in [0.05, 0.1) is 17.9 Å². The fraction of sp³-hybridized carbons (Fsp3) is 0.667. The maximum atomic E-state index is 11.8. The van der Waals surface area contributed by atoms with E-state index in [4.69, 9.17) is 10.5 Å². The highest BCUT2D eigenvalue weighted by Crippen LogP contribution is 2.26. The van der Waals surface area contributed by atoms with Crippen molar-refractivity contribution >= 4 is 11.9 Å². The molecule has 2 rings (SSSR count). The van der Waals surface area contributed by atoms with Crippen LogP contribution in [0.3, 0.4) is 0 Å². The van der Waals surface area contributed by atoms with E-state index in [-0.39, 0.29) is 12.0 Å². The minimum atomic E-state index is -0.372. The van der Waals surface area contributed by atoms with Crippen LogP contribution in [0.1, 0.15) is 49.2 Å². The van der Waals surface area contributed by atoms with Gasteiger partial charge in [0.1, 0.15) is 0 Å². The molecule has 0 saturated carbocycles. The molecule has 2 atom stereocenters. The van der Waals surface area contributed by atoms with Crippen LogP contribution in [0.25, 0.3) is 0 Å². The van der Waals surface area contributed by atoms with Crippen molar-refractivity contribution in [2.75, 3.05) is 18.1 Å². The zero-order chi connectivity index (χ0) is 15.4. The summed E-state index contributed by atoms with van der Waals surface area (Å²) in [6.45, 7) is 6.69. The molecule has 0 aromatic carbocycles. The van der Waals surface area contributed by atoms with Crippen molar-refractivity contribution in [3.8, 4) is 0 Å². The van der Waals surface area contributed by atoms with Crippen molar-refractivity contribution in [3.05, 3.63) is 17.5 Å². The second kappa shape index (κ2) is 6.85. The van der Waals surface area contributed by atoms with E-state index in [9.17, 15) is 4.79 Å². The molecule has 1 aliphatic heterocycles. The molecule has 6 heteroatoms. The van der Waals surface area contributed by atoms with Gasteiger partial charge in [0.2, 0.25) is 5.95 Å². The first kappa shape index (κ1) is 15.7. The summed E-state index contributed by atoms with van der Waals surface area (Å²) in [5, 5.41) is 0. The number of ether oxygens (including phenoxy) is 1. The molecule has 2 unspecified atom stereocenters. The fourth-order valence-corrected chi connectivity index (χ4v) is 2.87. The smallest absolute Gasteiger partial charge is 0.341 e. The van der Waals surface area contributed by atoms with Crippen LogP contribution in [-0.2, 0) is 4.74 Å². The Balaban J connectivity index is 2.27. The summed E-state index contributed by atoms with van der Waals surface area (Å²) in [6, 6.07) is 0.627. The first-order chi connectivity index (χ1) is 10.1. The minimum absolute atomic E-state index is 0.265. The highest BCUT2D eigenvalue weighted by Gasteiger charge is 2.29. The Morgan fingerprint density at radius 2 is 2.29 bits per heavy atom. The normalized spacial score (nSPS) is 22.2. The van der Waals surface area contributed by atoms with Gasteiger partial charge in [-0.25, -0.2) is 14.8 Å². The van der Waals surface area contributed by atoms with Gasteiger partial charge in [0.25, 0.3) is 0 Å².